The predicted molar refractivity (Wildman–Crippen MR) is 55.8 cm³/mol. The number of carbonyl (C=O) groups is 1. The van der Waals surface area contributed by atoms with Crippen LogP contribution in [0.25, 0.3) is 0 Å². The van der Waals surface area contributed by atoms with E-state index >= 15 is 0 Å². The Morgan fingerprint density at radius 3 is 2.57 bits per heavy atom. The lowest BCUT2D eigenvalue weighted by Gasteiger charge is -2.00. The zero-order valence-electron chi connectivity index (χ0n) is 7.08. The van der Waals surface area contributed by atoms with E-state index in [1.54, 1.807) is 22.6 Å². The molecule has 0 radical (unpaired) electrons. The molecule has 14 heavy (non-hydrogen) atoms. The highest BCUT2D eigenvalue weighted by molar-refractivity contribution is 14.1. The maximum atomic E-state index is 13.0. The summed E-state index contributed by atoms with van der Waals surface area (Å²) in [6.45, 7) is 1.20. The van der Waals surface area contributed by atoms with Gasteiger partial charge in [0.15, 0.2) is 5.78 Å². The van der Waals surface area contributed by atoms with Crippen LogP contribution in [0, 0.1) is 19.5 Å². The van der Waals surface area contributed by atoms with Crippen molar-refractivity contribution in [2.24, 2.45) is 0 Å². The highest BCUT2D eigenvalue weighted by Crippen LogP contribution is 2.24. The Labute approximate surface area is 92.4 Å². The molecule has 0 atom stereocenters. The van der Waals surface area contributed by atoms with Gasteiger partial charge in [0.1, 0.15) is 5.82 Å². The van der Waals surface area contributed by atoms with Crippen molar-refractivity contribution in [3.05, 3.63) is 37.2 Å². The van der Waals surface area contributed by atoms with Gasteiger partial charge < -0.3 is 0 Å². The molecule has 0 heterocycles. The van der Waals surface area contributed by atoms with Crippen LogP contribution in [0.15, 0.2) is 12.1 Å². The third-order valence-corrected chi connectivity index (χ3v) is 2.44. The number of benzene rings is 1. The summed E-state index contributed by atoms with van der Waals surface area (Å²) in [4.78, 5) is 20.7. The van der Waals surface area contributed by atoms with E-state index in [1.807, 2.05) is 0 Å². The molecule has 0 unspecified atom stereocenters. The van der Waals surface area contributed by atoms with Gasteiger partial charge in [-0.05, 0) is 35.6 Å². The molecule has 4 nitrogen and oxygen atoms in total. The van der Waals surface area contributed by atoms with Gasteiger partial charge in [-0.2, -0.15) is 0 Å². The summed E-state index contributed by atoms with van der Waals surface area (Å²) in [7, 11) is 0. The number of Topliss-reactive ketones (excluding diaryl/α,β-unsaturated/α-hetero) is 1. The minimum atomic E-state index is -0.768. The van der Waals surface area contributed by atoms with Crippen molar-refractivity contribution in [2.75, 3.05) is 0 Å². The Hall–Kier alpha value is -1.05. The predicted octanol–water partition coefficient (Wildman–Crippen LogP) is 2.54. The molecular formula is C8H5FINO3. The monoisotopic (exact) mass is 309 g/mol. The van der Waals surface area contributed by atoms with E-state index in [0.29, 0.717) is 0 Å². The molecule has 0 aliphatic heterocycles. The molecule has 0 aromatic heterocycles. The second-order valence-corrected chi connectivity index (χ2v) is 3.76. The van der Waals surface area contributed by atoms with Crippen molar-refractivity contribution < 1.29 is 14.1 Å². The van der Waals surface area contributed by atoms with Crippen LogP contribution < -0.4 is 0 Å². The molecule has 0 aliphatic rings. The Balaban J connectivity index is 3.46. The Bertz CT molecular complexity index is 380. The minimum absolute atomic E-state index is 0.0687. The highest BCUT2D eigenvalue weighted by atomic mass is 127. The minimum Gasteiger partial charge on any atom is -0.294 e. The molecule has 6 heteroatoms. The molecule has 0 bridgehead atoms. The van der Waals surface area contributed by atoms with Gasteiger partial charge >= 0.3 is 0 Å². The summed E-state index contributed by atoms with van der Waals surface area (Å²) in [6.07, 6.45) is 0. The van der Waals surface area contributed by atoms with Crippen molar-refractivity contribution in [1.29, 1.82) is 0 Å². The van der Waals surface area contributed by atoms with E-state index in [0.717, 1.165) is 6.07 Å². The number of nitro groups is 1. The van der Waals surface area contributed by atoms with Crippen molar-refractivity contribution in [1.82, 2.24) is 0 Å². The fourth-order valence-corrected chi connectivity index (χ4v) is 1.44. The topological polar surface area (TPSA) is 60.2 Å². The van der Waals surface area contributed by atoms with E-state index in [4.69, 9.17) is 0 Å². The van der Waals surface area contributed by atoms with Crippen molar-refractivity contribution in [3.63, 3.8) is 0 Å². The number of nitrogens with zero attached hydrogens (tertiary/aromatic N) is 1. The smallest absolute Gasteiger partial charge is 0.283 e. The molecule has 1 aromatic carbocycles. The van der Waals surface area contributed by atoms with Crippen LogP contribution in [0.5, 0.6) is 0 Å². The highest BCUT2D eigenvalue weighted by Gasteiger charge is 2.20. The number of halogens is 2. The lowest BCUT2D eigenvalue weighted by molar-refractivity contribution is -0.385. The first-order chi connectivity index (χ1) is 6.43. The summed E-state index contributed by atoms with van der Waals surface area (Å²) in [5.74, 6) is -1.14. The van der Waals surface area contributed by atoms with E-state index < -0.39 is 22.2 Å². The summed E-state index contributed by atoms with van der Waals surface area (Å²) in [6, 6.07) is 1.94. The zero-order chi connectivity index (χ0) is 10.9. The molecule has 0 saturated heterocycles. The molecule has 0 N–H and O–H groups in total. The lowest BCUT2D eigenvalue weighted by atomic mass is 10.1. The van der Waals surface area contributed by atoms with Gasteiger partial charge in [-0.15, -0.1) is 0 Å². The standard InChI is InChI=1S/C8H5FINO3/c1-4(12)5-2-7(10)6(9)3-8(5)11(13)14/h2-3H,1H3. The van der Waals surface area contributed by atoms with Gasteiger partial charge in [0.2, 0.25) is 0 Å². The van der Waals surface area contributed by atoms with Gasteiger partial charge in [0.05, 0.1) is 16.6 Å². The van der Waals surface area contributed by atoms with Crippen LogP contribution in [0.1, 0.15) is 17.3 Å². The molecule has 0 amide bonds. The van der Waals surface area contributed by atoms with Crippen LogP contribution >= 0.6 is 22.6 Å². The summed E-state index contributed by atoms with van der Waals surface area (Å²) in [5, 5.41) is 10.5. The summed E-state index contributed by atoms with van der Waals surface area (Å²) < 4.78 is 13.2. The average Bonchev–Trinajstić information content (AvgIpc) is 2.08. The fourth-order valence-electron chi connectivity index (χ4n) is 0.969. The van der Waals surface area contributed by atoms with Gasteiger partial charge in [-0.1, -0.05) is 0 Å². The maximum Gasteiger partial charge on any atom is 0.283 e. The Morgan fingerprint density at radius 2 is 2.14 bits per heavy atom. The first-order valence-electron chi connectivity index (χ1n) is 3.58. The number of nitro benzene ring substituents is 1. The van der Waals surface area contributed by atoms with Crippen molar-refractivity contribution in [2.45, 2.75) is 6.92 Å². The number of hydrogen-bond donors (Lipinski definition) is 0. The Kier molecular flexibility index (Phi) is 3.14. The molecule has 74 valence electrons. The largest absolute Gasteiger partial charge is 0.294 e. The van der Waals surface area contributed by atoms with Crippen molar-refractivity contribution in [3.8, 4) is 0 Å². The number of hydrogen-bond acceptors (Lipinski definition) is 3. The van der Waals surface area contributed by atoms with Gasteiger partial charge in [-0.3, -0.25) is 14.9 Å². The third-order valence-electron chi connectivity index (χ3n) is 1.61. The number of carbonyl (C=O) groups excluding carboxylic acids is 1. The Morgan fingerprint density at radius 1 is 1.57 bits per heavy atom. The fraction of sp³-hybridized carbons (Fsp3) is 0.125. The molecule has 0 fully saturated rings. The summed E-state index contributed by atoms with van der Waals surface area (Å²) >= 11 is 1.67. The van der Waals surface area contributed by atoms with Crippen LogP contribution in [-0.4, -0.2) is 10.7 Å². The van der Waals surface area contributed by atoms with Crippen LogP contribution in [0.4, 0.5) is 10.1 Å². The van der Waals surface area contributed by atoms with Gasteiger partial charge in [0.25, 0.3) is 5.69 Å². The van der Waals surface area contributed by atoms with Crippen LogP contribution in [-0.2, 0) is 0 Å². The first-order valence-corrected chi connectivity index (χ1v) is 4.65. The normalized spacial score (nSPS) is 9.93. The molecule has 1 aromatic rings. The average molecular weight is 309 g/mol. The zero-order valence-corrected chi connectivity index (χ0v) is 9.24. The molecular weight excluding hydrogens is 304 g/mol. The SMILES string of the molecule is CC(=O)c1cc(I)c(F)cc1[N+](=O)[O-]. The third kappa shape index (κ3) is 2.06. The second-order valence-electron chi connectivity index (χ2n) is 2.60. The molecule has 1 rings (SSSR count). The molecule has 0 saturated carbocycles. The van der Waals surface area contributed by atoms with E-state index in [1.165, 1.54) is 13.0 Å². The van der Waals surface area contributed by atoms with Gasteiger partial charge in [-0.25, -0.2) is 4.39 Å². The van der Waals surface area contributed by atoms with E-state index in [-0.39, 0.29) is 9.13 Å². The first kappa shape index (κ1) is 11.0. The van der Waals surface area contributed by atoms with Gasteiger partial charge in [0, 0.05) is 3.57 Å². The molecule has 0 aliphatic carbocycles. The van der Waals surface area contributed by atoms with E-state index in [2.05, 4.69) is 0 Å². The summed E-state index contributed by atoms with van der Waals surface area (Å²) in [5.41, 5.74) is -0.559. The van der Waals surface area contributed by atoms with Crippen LogP contribution in [0.2, 0.25) is 0 Å². The maximum absolute atomic E-state index is 13.0. The van der Waals surface area contributed by atoms with Crippen LogP contribution in [0.3, 0.4) is 0 Å². The van der Waals surface area contributed by atoms with E-state index in [9.17, 15) is 19.3 Å². The number of ketones is 1. The molecule has 0 spiro atoms. The second kappa shape index (κ2) is 3.99. The number of rotatable bonds is 2. The lowest BCUT2D eigenvalue weighted by Crippen LogP contribution is -2.02. The van der Waals surface area contributed by atoms with Crippen molar-refractivity contribution >= 4 is 34.1 Å². The quantitative estimate of drug-likeness (QED) is 0.365.